The Bertz CT molecular complexity index is 1500. The average molecular weight is 490 g/mol. The van der Waals surface area contributed by atoms with Crippen molar-refractivity contribution in [1.82, 2.24) is 4.57 Å². The Balaban J connectivity index is 1.88. The molecule has 0 atom stereocenters. The summed E-state index contributed by atoms with van der Waals surface area (Å²) < 4.78 is 60.6. The van der Waals surface area contributed by atoms with Crippen molar-refractivity contribution < 1.29 is 35.3 Å². The first-order valence-corrected chi connectivity index (χ1v) is 12.5. The Morgan fingerprint density at radius 1 is 1.12 bits per heavy atom. The number of aliphatic carboxylic acids is 1. The summed E-state index contributed by atoms with van der Waals surface area (Å²) >= 11 is 0. The smallest absolute Gasteiger partial charge is 0.341 e. The number of nitrogens with zero attached hydrogens (tertiary/aromatic N) is 1. The molecule has 1 N–H and O–H groups in total. The lowest BCUT2D eigenvalue weighted by molar-refractivity contribution is -0.137. The normalized spacial score (nSPS) is 11.8. The SMILES string of the molecule is Cc1c(S(=O)(=O)Oc2ccc(C[SH](=O)=O)cc2)c2c(-c3ccoc3)cccc2n1CC(=O)O. The van der Waals surface area contributed by atoms with Crippen LogP contribution in [-0.2, 0) is 37.9 Å². The number of benzene rings is 2. The standard InChI is InChI=1S/C22H19NO8S2/c1-14-22(33(28,29)31-17-7-5-15(6-8-17)13-32(26)27)21-18(16-9-10-30-12-16)3-2-4-19(21)23(14)11-20(24)25/h2-10,12,32H,11,13H2,1H3,(H,24,25). The third kappa shape index (κ3) is 4.50. The van der Waals surface area contributed by atoms with E-state index in [0.717, 1.165) is 0 Å². The number of aromatic nitrogens is 1. The summed E-state index contributed by atoms with van der Waals surface area (Å²) in [5, 5.41) is 9.70. The van der Waals surface area contributed by atoms with Crippen LogP contribution in [0.4, 0.5) is 0 Å². The second-order valence-electron chi connectivity index (χ2n) is 7.28. The van der Waals surface area contributed by atoms with Gasteiger partial charge in [-0.05, 0) is 42.3 Å². The highest BCUT2D eigenvalue weighted by Crippen LogP contribution is 2.38. The molecule has 0 aliphatic rings. The molecule has 0 fully saturated rings. The third-order valence-electron chi connectivity index (χ3n) is 5.11. The molecule has 0 amide bonds. The maximum absolute atomic E-state index is 13.4. The zero-order valence-electron chi connectivity index (χ0n) is 17.3. The van der Waals surface area contributed by atoms with E-state index in [0.29, 0.717) is 27.6 Å². The van der Waals surface area contributed by atoms with E-state index in [4.69, 9.17) is 8.60 Å². The van der Waals surface area contributed by atoms with Gasteiger partial charge in [0.15, 0.2) is 0 Å². The monoisotopic (exact) mass is 489 g/mol. The molecule has 0 aliphatic heterocycles. The second-order valence-corrected chi connectivity index (χ2v) is 9.74. The van der Waals surface area contributed by atoms with Crippen molar-refractivity contribution >= 4 is 37.7 Å². The Morgan fingerprint density at radius 2 is 1.85 bits per heavy atom. The first-order chi connectivity index (χ1) is 15.7. The van der Waals surface area contributed by atoms with Crippen LogP contribution in [0.3, 0.4) is 0 Å². The van der Waals surface area contributed by atoms with Crippen LogP contribution < -0.4 is 4.18 Å². The van der Waals surface area contributed by atoms with E-state index in [-0.39, 0.29) is 22.1 Å². The first kappa shape index (κ1) is 22.6. The van der Waals surface area contributed by atoms with E-state index in [1.165, 1.54) is 48.3 Å². The van der Waals surface area contributed by atoms with Gasteiger partial charge in [-0.1, -0.05) is 24.3 Å². The summed E-state index contributed by atoms with van der Waals surface area (Å²) in [5.74, 6) is -1.29. The number of furan rings is 1. The second kappa shape index (κ2) is 8.75. The molecule has 172 valence electrons. The van der Waals surface area contributed by atoms with Crippen LogP contribution in [0.15, 0.2) is 70.4 Å². The average Bonchev–Trinajstić information content (AvgIpc) is 3.36. The zero-order chi connectivity index (χ0) is 23.8. The van der Waals surface area contributed by atoms with Crippen molar-refractivity contribution in [3.63, 3.8) is 0 Å². The molecule has 9 nitrogen and oxygen atoms in total. The molecule has 2 heterocycles. The summed E-state index contributed by atoms with van der Waals surface area (Å²) in [5.41, 5.74) is 2.30. The number of hydrogen-bond acceptors (Lipinski definition) is 7. The van der Waals surface area contributed by atoms with E-state index >= 15 is 0 Å². The lowest BCUT2D eigenvalue weighted by Gasteiger charge is -2.09. The van der Waals surface area contributed by atoms with E-state index in [9.17, 15) is 26.7 Å². The maximum atomic E-state index is 13.4. The lowest BCUT2D eigenvalue weighted by atomic mass is 10.0. The van der Waals surface area contributed by atoms with E-state index in [1.54, 1.807) is 24.3 Å². The number of fused-ring (bicyclic) bond motifs is 1. The van der Waals surface area contributed by atoms with Gasteiger partial charge in [-0.15, -0.1) is 0 Å². The van der Waals surface area contributed by atoms with Gasteiger partial charge in [0, 0.05) is 16.6 Å². The quantitative estimate of drug-likeness (QED) is 0.285. The van der Waals surface area contributed by atoms with Crippen LogP contribution in [0.25, 0.3) is 22.0 Å². The van der Waals surface area contributed by atoms with E-state index < -0.39 is 33.3 Å². The molecule has 0 spiro atoms. The predicted octanol–water partition coefficient (Wildman–Crippen LogP) is 3.17. The Kier molecular flexibility index (Phi) is 6.00. The number of rotatable bonds is 8. The first-order valence-electron chi connectivity index (χ1n) is 9.69. The number of carboxylic acid groups (broad SMARTS) is 1. The Labute approximate surface area is 190 Å². The number of carbonyl (C=O) groups is 1. The van der Waals surface area contributed by atoms with Crippen LogP contribution >= 0.6 is 0 Å². The minimum Gasteiger partial charge on any atom is -0.480 e. The minimum atomic E-state index is -4.40. The molecule has 0 aliphatic carbocycles. The molecule has 0 bridgehead atoms. The highest BCUT2D eigenvalue weighted by molar-refractivity contribution is 7.87. The Hall–Kier alpha value is -3.57. The van der Waals surface area contributed by atoms with Crippen molar-refractivity contribution in [3.05, 3.63) is 72.3 Å². The van der Waals surface area contributed by atoms with Crippen molar-refractivity contribution in [2.45, 2.75) is 24.1 Å². The van der Waals surface area contributed by atoms with E-state index in [1.807, 2.05) is 0 Å². The molecule has 2 aromatic heterocycles. The third-order valence-corrected chi connectivity index (χ3v) is 7.15. The van der Waals surface area contributed by atoms with Crippen LogP contribution in [0.5, 0.6) is 5.75 Å². The molecule has 0 unspecified atom stereocenters. The molecule has 0 saturated heterocycles. The molecule has 0 radical (unpaired) electrons. The molecule has 4 aromatic rings. The van der Waals surface area contributed by atoms with Gasteiger partial charge < -0.3 is 18.3 Å². The molecular formula is C22H19NO8S2. The summed E-state index contributed by atoms with van der Waals surface area (Å²) in [7, 11) is -7.02. The van der Waals surface area contributed by atoms with E-state index in [2.05, 4.69) is 0 Å². The molecule has 11 heteroatoms. The summed E-state index contributed by atoms with van der Waals surface area (Å²) in [6, 6.07) is 12.4. The van der Waals surface area contributed by atoms with Crippen LogP contribution in [0, 0.1) is 6.92 Å². The minimum absolute atomic E-state index is 0.000738. The van der Waals surface area contributed by atoms with Crippen molar-refractivity contribution in [2.24, 2.45) is 0 Å². The molecular weight excluding hydrogens is 470 g/mol. The molecule has 2 aromatic carbocycles. The van der Waals surface area contributed by atoms with Crippen molar-refractivity contribution in [2.75, 3.05) is 0 Å². The fourth-order valence-corrected chi connectivity index (χ4v) is 5.65. The molecule has 4 rings (SSSR count). The van der Waals surface area contributed by atoms with Gasteiger partial charge in [0.1, 0.15) is 27.9 Å². The fourth-order valence-electron chi connectivity index (χ4n) is 3.76. The summed E-state index contributed by atoms with van der Waals surface area (Å²) in [6.07, 6.45) is 2.92. The number of carboxylic acids is 1. The van der Waals surface area contributed by atoms with Gasteiger partial charge in [0.2, 0.25) is 0 Å². The Morgan fingerprint density at radius 3 is 2.45 bits per heavy atom. The number of hydrogen-bond donors (Lipinski definition) is 2. The van der Waals surface area contributed by atoms with Gasteiger partial charge in [-0.25, -0.2) is 8.42 Å². The highest BCUT2D eigenvalue weighted by atomic mass is 32.2. The van der Waals surface area contributed by atoms with Gasteiger partial charge in [-0.3, -0.25) is 4.79 Å². The van der Waals surface area contributed by atoms with Gasteiger partial charge in [0.05, 0.1) is 23.8 Å². The fraction of sp³-hybridized carbons (Fsp3) is 0.136. The summed E-state index contributed by atoms with van der Waals surface area (Å²) in [4.78, 5) is 11.3. The van der Waals surface area contributed by atoms with Gasteiger partial charge in [-0.2, -0.15) is 8.42 Å². The predicted molar refractivity (Wildman–Crippen MR) is 120 cm³/mol. The topological polar surface area (TPSA) is 133 Å². The zero-order valence-corrected chi connectivity index (χ0v) is 19.0. The van der Waals surface area contributed by atoms with Crippen LogP contribution in [0.2, 0.25) is 0 Å². The van der Waals surface area contributed by atoms with Gasteiger partial charge in [0.25, 0.3) is 0 Å². The van der Waals surface area contributed by atoms with Crippen LogP contribution in [0.1, 0.15) is 11.3 Å². The molecule has 0 saturated carbocycles. The van der Waals surface area contributed by atoms with Crippen molar-refractivity contribution in [3.8, 4) is 16.9 Å². The molecule has 33 heavy (non-hydrogen) atoms. The summed E-state index contributed by atoms with van der Waals surface area (Å²) in [6.45, 7) is 1.08. The lowest BCUT2D eigenvalue weighted by Crippen LogP contribution is -2.13. The highest BCUT2D eigenvalue weighted by Gasteiger charge is 2.30. The maximum Gasteiger partial charge on any atom is 0.341 e. The van der Waals surface area contributed by atoms with Gasteiger partial charge >= 0.3 is 16.1 Å². The van der Waals surface area contributed by atoms with Crippen LogP contribution in [-0.4, -0.2) is 32.5 Å². The largest absolute Gasteiger partial charge is 0.480 e. The number of thiol groups is 1. The van der Waals surface area contributed by atoms with Crippen molar-refractivity contribution in [1.29, 1.82) is 0 Å².